The second-order valence-corrected chi connectivity index (χ2v) is 8.43. The van der Waals surface area contributed by atoms with Crippen molar-refractivity contribution in [3.8, 4) is 0 Å². The molecular formula is C14H20F12O3Si. The van der Waals surface area contributed by atoms with Crippen LogP contribution in [0.1, 0.15) is 33.6 Å². The van der Waals surface area contributed by atoms with E-state index in [1.165, 1.54) is 0 Å². The predicted octanol–water partition coefficient (Wildman–Crippen LogP) is 5.80. The molecule has 0 saturated carbocycles. The fourth-order valence-corrected chi connectivity index (χ4v) is 4.71. The van der Waals surface area contributed by atoms with Crippen molar-refractivity contribution in [1.82, 2.24) is 0 Å². The summed E-state index contributed by atoms with van der Waals surface area (Å²) in [6, 6.07) is 0. The molecule has 0 fully saturated rings. The quantitative estimate of drug-likeness (QED) is 0.241. The van der Waals surface area contributed by atoms with E-state index in [1.54, 1.807) is 0 Å². The SMILES string of the molecule is CCO[Si](OCC)(OCC)C(F)(F)C(F)(F)C(F)(F)C(F)(F)C(F)CCC(F)(F)F. The molecule has 0 rings (SSSR count). The van der Waals surface area contributed by atoms with E-state index >= 15 is 0 Å². The Hall–Kier alpha value is -0.743. The van der Waals surface area contributed by atoms with E-state index in [4.69, 9.17) is 0 Å². The van der Waals surface area contributed by atoms with Crippen LogP contribution in [0.5, 0.6) is 0 Å². The molecule has 30 heavy (non-hydrogen) atoms. The molecule has 0 aliphatic rings. The van der Waals surface area contributed by atoms with Gasteiger partial charge in [-0.25, -0.2) is 4.39 Å². The number of rotatable bonds is 13. The van der Waals surface area contributed by atoms with Gasteiger partial charge in [0.05, 0.1) is 0 Å². The van der Waals surface area contributed by atoms with Gasteiger partial charge in [0.2, 0.25) is 0 Å². The predicted molar refractivity (Wildman–Crippen MR) is 80.6 cm³/mol. The molecule has 0 radical (unpaired) electrons. The zero-order valence-electron chi connectivity index (χ0n) is 15.9. The Morgan fingerprint density at radius 3 is 1.33 bits per heavy atom. The van der Waals surface area contributed by atoms with Crippen molar-refractivity contribution in [2.45, 2.75) is 69.3 Å². The zero-order valence-corrected chi connectivity index (χ0v) is 16.9. The molecule has 0 aliphatic heterocycles. The van der Waals surface area contributed by atoms with Gasteiger partial charge < -0.3 is 13.3 Å². The van der Waals surface area contributed by atoms with Crippen LogP contribution < -0.4 is 0 Å². The molecule has 16 heteroatoms. The fraction of sp³-hybridized carbons (Fsp3) is 1.00. The molecule has 0 aliphatic carbocycles. The summed E-state index contributed by atoms with van der Waals surface area (Å²) in [5, 5.41) is 0. The largest absolute Gasteiger partial charge is 0.582 e. The van der Waals surface area contributed by atoms with Crippen LogP contribution in [0.15, 0.2) is 0 Å². The average Bonchev–Trinajstić information content (AvgIpc) is 2.58. The van der Waals surface area contributed by atoms with Gasteiger partial charge in [-0.15, -0.1) is 0 Å². The van der Waals surface area contributed by atoms with Gasteiger partial charge in [-0.3, -0.25) is 0 Å². The third kappa shape index (κ3) is 5.35. The second-order valence-electron chi connectivity index (χ2n) is 5.82. The molecule has 182 valence electrons. The highest BCUT2D eigenvalue weighted by Crippen LogP contribution is 2.57. The van der Waals surface area contributed by atoms with Crippen molar-refractivity contribution in [3.63, 3.8) is 0 Å². The average molecular weight is 492 g/mol. The molecule has 1 unspecified atom stereocenters. The van der Waals surface area contributed by atoms with Gasteiger partial charge in [0.25, 0.3) is 0 Å². The van der Waals surface area contributed by atoms with Gasteiger partial charge >= 0.3 is 38.3 Å². The topological polar surface area (TPSA) is 27.7 Å². The van der Waals surface area contributed by atoms with Gasteiger partial charge in [-0.05, 0) is 27.2 Å². The van der Waals surface area contributed by atoms with Gasteiger partial charge in [-0.2, -0.15) is 48.3 Å². The van der Waals surface area contributed by atoms with Crippen molar-refractivity contribution in [3.05, 3.63) is 0 Å². The summed E-state index contributed by atoms with van der Waals surface area (Å²) in [6.45, 7) is 0.395. The molecule has 1 atom stereocenters. The summed E-state index contributed by atoms with van der Waals surface area (Å²) in [5.74, 6) is -20.8. The van der Waals surface area contributed by atoms with E-state index in [0.29, 0.717) is 0 Å². The first-order chi connectivity index (χ1) is 13.3. The van der Waals surface area contributed by atoms with Crippen LogP contribution in [-0.2, 0) is 13.3 Å². The first-order valence-corrected chi connectivity index (χ1v) is 10.2. The molecule has 3 nitrogen and oxygen atoms in total. The van der Waals surface area contributed by atoms with E-state index in [9.17, 15) is 52.7 Å². The Balaban J connectivity index is 6.28. The Morgan fingerprint density at radius 2 is 1.03 bits per heavy atom. The maximum atomic E-state index is 14.6. The minimum Gasteiger partial charge on any atom is -0.370 e. The maximum Gasteiger partial charge on any atom is 0.582 e. The smallest absolute Gasteiger partial charge is 0.370 e. The maximum absolute atomic E-state index is 14.6. The van der Waals surface area contributed by atoms with Crippen LogP contribution in [0.25, 0.3) is 0 Å². The van der Waals surface area contributed by atoms with E-state index in [1.807, 2.05) is 0 Å². The van der Waals surface area contributed by atoms with Crippen molar-refractivity contribution in [1.29, 1.82) is 0 Å². The lowest BCUT2D eigenvalue weighted by molar-refractivity contribution is -0.368. The number of alkyl halides is 12. The molecule has 0 N–H and O–H groups in total. The molecule has 0 aromatic carbocycles. The van der Waals surface area contributed by atoms with Crippen molar-refractivity contribution in [2.75, 3.05) is 19.8 Å². The molecule has 0 aromatic rings. The normalized spacial score (nSPS) is 16.1. The van der Waals surface area contributed by atoms with E-state index < -0.39 is 77.1 Å². The van der Waals surface area contributed by atoms with Crippen LogP contribution in [0.3, 0.4) is 0 Å². The molecule has 0 bridgehead atoms. The fourth-order valence-electron chi connectivity index (χ4n) is 2.23. The molecule has 0 saturated heterocycles. The molecule has 0 heterocycles. The van der Waals surface area contributed by atoms with Gasteiger partial charge in [0.15, 0.2) is 6.17 Å². The summed E-state index contributed by atoms with van der Waals surface area (Å²) < 4.78 is 176. The number of hydrogen-bond donors (Lipinski definition) is 0. The zero-order chi connectivity index (χ0) is 24.2. The summed E-state index contributed by atoms with van der Waals surface area (Å²) in [5.41, 5.74) is -6.21. The highest BCUT2D eigenvalue weighted by atomic mass is 28.4. The van der Waals surface area contributed by atoms with Gasteiger partial charge in [0.1, 0.15) is 0 Å². The van der Waals surface area contributed by atoms with Crippen LogP contribution in [0.4, 0.5) is 52.7 Å². The lowest BCUT2D eigenvalue weighted by Crippen LogP contribution is -2.75. The van der Waals surface area contributed by atoms with Crippen LogP contribution in [0, 0.1) is 0 Å². The van der Waals surface area contributed by atoms with Crippen LogP contribution >= 0.6 is 0 Å². The monoisotopic (exact) mass is 492 g/mol. The highest BCUT2D eigenvalue weighted by Gasteiger charge is 2.89. The Labute approximate surface area is 165 Å². The first kappa shape index (κ1) is 29.3. The minimum atomic E-state index is -7.14. The van der Waals surface area contributed by atoms with Crippen LogP contribution in [-0.4, -0.2) is 64.3 Å². The van der Waals surface area contributed by atoms with E-state index in [-0.39, 0.29) is 0 Å². The van der Waals surface area contributed by atoms with E-state index in [0.717, 1.165) is 20.8 Å². The van der Waals surface area contributed by atoms with Crippen molar-refractivity contribution in [2.24, 2.45) is 0 Å². The standard InChI is InChI=1S/C14H20F12O3Si/c1-4-27-30(28-5-2,29-6-3)14(25,26)13(23,24)12(21,22)11(19,20)9(15)7-8-10(16,17)18/h9H,4-8H2,1-3H3. The summed E-state index contributed by atoms with van der Waals surface area (Å²) in [7, 11) is -6.13. The lowest BCUT2D eigenvalue weighted by Gasteiger charge is -2.42. The third-order valence-corrected chi connectivity index (χ3v) is 6.76. The van der Waals surface area contributed by atoms with E-state index in [2.05, 4.69) is 13.3 Å². The lowest BCUT2D eigenvalue weighted by atomic mass is 9.97. The molecular weight excluding hydrogens is 472 g/mol. The first-order valence-electron chi connectivity index (χ1n) is 8.45. The third-order valence-electron chi connectivity index (χ3n) is 3.67. The van der Waals surface area contributed by atoms with Crippen LogP contribution in [0.2, 0.25) is 0 Å². The number of hydrogen-bond acceptors (Lipinski definition) is 3. The van der Waals surface area contributed by atoms with Gasteiger partial charge in [-0.1, -0.05) is 0 Å². The number of halogens is 12. The minimum absolute atomic E-state index is 0.836. The van der Waals surface area contributed by atoms with Gasteiger partial charge in [0, 0.05) is 26.2 Å². The summed E-state index contributed by atoms with van der Waals surface area (Å²) >= 11 is 0. The Kier molecular flexibility index (Phi) is 9.57. The highest BCUT2D eigenvalue weighted by molar-refractivity contribution is 6.63. The molecule has 0 amide bonds. The summed E-state index contributed by atoms with van der Waals surface area (Å²) in [6.07, 6.45) is -14.5. The van der Waals surface area contributed by atoms with Crippen molar-refractivity contribution >= 4 is 8.80 Å². The Morgan fingerprint density at radius 1 is 0.667 bits per heavy atom. The second kappa shape index (κ2) is 9.81. The van der Waals surface area contributed by atoms with Crippen molar-refractivity contribution < 1.29 is 66.0 Å². The Bertz CT molecular complexity index is 524. The molecule has 0 aromatic heterocycles. The summed E-state index contributed by atoms with van der Waals surface area (Å²) in [4.78, 5) is 0. The molecule has 0 spiro atoms.